The molecule has 5 rings (SSSR count). The number of aromatic nitrogens is 6. The molecular weight excluding hydrogens is 475 g/mol. The zero-order chi connectivity index (χ0) is 28.3. The fraction of sp³-hybridized carbons (Fsp3) is 0.429. The van der Waals surface area contributed by atoms with Crippen LogP contribution in [0.4, 0.5) is 27.9 Å². The third kappa shape index (κ3) is 4.22. The van der Waals surface area contributed by atoms with Crippen LogP contribution in [0.25, 0.3) is 27.7 Å². The Kier molecular flexibility index (Phi) is 4.60. The maximum atomic E-state index is 15.4. The lowest BCUT2D eigenvalue weighted by Crippen LogP contribution is -2.53. The standard InChI is InChI=1S/C21H21F5N8O/c1-32-6-5-15(21(25,26)10-32)27-20-28-19(35-2)18-17(12(22)8-34(18)30-20)11-3-4-13-14(7-11)33(31-29-13)9-16(23)24/h3-4,7-8,15-16H,5-6,9-10H2,1-2H3,(H,27,30)/t15-/m1/s1/i1D3,8D. The smallest absolute Gasteiger partial charge is 0.280 e. The molecule has 3 aromatic heterocycles. The molecule has 0 spiro atoms. The highest BCUT2D eigenvalue weighted by Crippen LogP contribution is 2.36. The molecule has 1 fully saturated rings. The summed E-state index contributed by atoms with van der Waals surface area (Å²) in [6, 6.07) is 2.73. The van der Waals surface area contributed by atoms with E-state index >= 15 is 4.39 Å². The normalized spacial score (nSPS) is 20.6. The molecule has 9 nitrogen and oxygen atoms in total. The monoisotopic (exact) mass is 500 g/mol. The number of piperidine rings is 1. The van der Waals surface area contributed by atoms with Crippen molar-refractivity contribution in [2.45, 2.75) is 31.4 Å². The minimum absolute atomic E-state index is 0.0956. The number of hydrogen-bond donors (Lipinski definition) is 1. The first-order chi connectivity index (χ1) is 18.3. The van der Waals surface area contributed by atoms with Gasteiger partial charge in [0.1, 0.15) is 17.6 Å². The van der Waals surface area contributed by atoms with Gasteiger partial charge in [-0.15, -0.1) is 10.2 Å². The van der Waals surface area contributed by atoms with E-state index in [0.717, 1.165) is 9.20 Å². The van der Waals surface area contributed by atoms with E-state index < -0.39 is 56.4 Å². The summed E-state index contributed by atoms with van der Waals surface area (Å²) < 4.78 is 108. The molecular formula is C21H21F5N8O. The number of methoxy groups -OCH3 is 1. The fourth-order valence-electron chi connectivity index (χ4n) is 4.08. The van der Waals surface area contributed by atoms with Gasteiger partial charge in [0.25, 0.3) is 12.3 Å². The van der Waals surface area contributed by atoms with E-state index in [2.05, 4.69) is 25.7 Å². The van der Waals surface area contributed by atoms with Crippen LogP contribution in [0.15, 0.2) is 24.4 Å². The van der Waals surface area contributed by atoms with Crippen LogP contribution in [-0.4, -0.2) is 80.1 Å². The molecule has 0 saturated carbocycles. The van der Waals surface area contributed by atoms with Gasteiger partial charge in [0.2, 0.25) is 11.8 Å². The number of ether oxygens (including phenoxy) is 1. The van der Waals surface area contributed by atoms with Crippen molar-refractivity contribution in [1.82, 2.24) is 34.5 Å². The average Bonchev–Trinajstić information content (AvgIpc) is 3.36. The van der Waals surface area contributed by atoms with Gasteiger partial charge in [0, 0.05) is 10.7 Å². The Bertz CT molecular complexity index is 1540. The van der Waals surface area contributed by atoms with Crippen molar-refractivity contribution in [3.8, 4) is 17.0 Å². The van der Waals surface area contributed by atoms with E-state index in [0.29, 0.717) is 4.90 Å². The zero-order valence-electron chi connectivity index (χ0n) is 22.1. The first-order valence-corrected chi connectivity index (χ1v) is 10.4. The van der Waals surface area contributed by atoms with E-state index in [1.807, 2.05) is 0 Å². The Hall–Kier alpha value is -3.55. The van der Waals surface area contributed by atoms with Crippen molar-refractivity contribution in [2.24, 2.45) is 0 Å². The second-order valence-corrected chi connectivity index (χ2v) is 8.04. The third-order valence-corrected chi connectivity index (χ3v) is 5.69. The Morgan fingerprint density at radius 1 is 1.37 bits per heavy atom. The van der Waals surface area contributed by atoms with Gasteiger partial charge in [0.05, 0.1) is 38.3 Å². The summed E-state index contributed by atoms with van der Waals surface area (Å²) in [6.45, 7) is -4.58. The third-order valence-electron chi connectivity index (χ3n) is 5.69. The van der Waals surface area contributed by atoms with E-state index in [9.17, 15) is 17.6 Å². The van der Waals surface area contributed by atoms with Crippen LogP contribution in [0.3, 0.4) is 0 Å². The Morgan fingerprint density at radius 3 is 2.91 bits per heavy atom. The van der Waals surface area contributed by atoms with Crippen molar-refractivity contribution < 1.29 is 32.2 Å². The second kappa shape index (κ2) is 8.59. The molecule has 1 aliphatic rings. The number of fused-ring (bicyclic) bond motifs is 2. The summed E-state index contributed by atoms with van der Waals surface area (Å²) in [5.41, 5.74) is 0.379. The molecule has 0 radical (unpaired) electrons. The second-order valence-electron chi connectivity index (χ2n) is 8.04. The van der Waals surface area contributed by atoms with Gasteiger partial charge < -0.3 is 15.0 Å². The van der Waals surface area contributed by atoms with Gasteiger partial charge >= 0.3 is 0 Å². The van der Waals surface area contributed by atoms with Crippen molar-refractivity contribution in [1.29, 1.82) is 0 Å². The maximum absolute atomic E-state index is 15.4. The van der Waals surface area contributed by atoms with Crippen LogP contribution < -0.4 is 10.1 Å². The van der Waals surface area contributed by atoms with Gasteiger partial charge in [-0.05, 0) is 31.1 Å². The molecule has 0 aliphatic carbocycles. The zero-order valence-corrected chi connectivity index (χ0v) is 18.1. The van der Waals surface area contributed by atoms with Crippen molar-refractivity contribution in [3.05, 3.63) is 30.2 Å². The number of anilines is 1. The summed E-state index contributed by atoms with van der Waals surface area (Å²) in [5.74, 6) is -5.15. The number of hydrogen-bond acceptors (Lipinski definition) is 7. The molecule has 0 amide bonds. The fourth-order valence-corrected chi connectivity index (χ4v) is 4.08. The molecule has 1 atom stereocenters. The van der Waals surface area contributed by atoms with Crippen LogP contribution in [0, 0.1) is 5.82 Å². The number of nitrogens with one attached hydrogen (secondary N) is 1. The van der Waals surface area contributed by atoms with Crippen molar-refractivity contribution in [3.63, 3.8) is 0 Å². The van der Waals surface area contributed by atoms with E-state index in [1.54, 1.807) is 0 Å². The van der Waals surface area contributed by atoms with Gasteiger partial charge in [0.15, 0.2) is 5.82 Å². The predicted octanol–water partition coefficient (Wildman–Crippen LogP) is 3.31. The lowest BCUT2D eigenvalue weighted by molar-refractivity contribution is -0.0675. The van der Waals surface area contributed by atoms with Crippen molar-refractivity contribution >= 4 is 22.5 Å². The molecule has 4 aromatic rings. The van der Waals surface area contributed by atoms with Crippen LogP contribution >= 0.6 is 0 Å². The highest BCUT2D eigenvalue weighted by atomic mass is 19.3. The van der Waals surface area contributed by atoms with E-state index in [1.165, 1.54) is 25.3 Å². The number of halogens is 5. The van der Waals surface area contributed by atoms with Crippen LogP contribution in [-0.2, 0) is 6.54 Å². The lowest BCUT2D eigenvalue weighted by atomic mass is 10.0. The summed E-state index contributed by atoms with van der Waals surface area (Å²) in [4.78, 5) is 4.79. The molecule has 1 aromatic carbocycles. The minimum atomic E-state index is -3.47. The van der Waals surface area contributed by atoms with Crippen molar-refractivity contribution in [2.75, 3.05) is 32.5 Å². The van der Waals surface area contributed by atoms with E-state index in [4.69, 9.17) is 10.2 Å². The van der Waals surface area contributed by atoms with Gasteiger partial charge in [-0.25, -0.2) is 31.1 Å². The number of benzene rings is 1. The summed E-state index contributed by atoms with van der Waals surface area (Å²) in [7, 11) is 1.21. The molecule has 1 saturated heterocycles. The summed E-state index contributed by atoms with van der Waals surface area (Å²) in [5, 5.41) is 14.0. The van der Waals surface area contributed by atoms with Crippen LogP contribution in [0.5, 0.6) is 5.88 Å². The quantitative estimate of drug-likeness (QED) is 0.407. The number of nitrogens with zero attached hydrogens (tertiary/aromatic N) is 7. The predicted molar refractivity (Wildman–Crippen MR) is 116 cm³/mol. The van der Waals surface area contributed by atoms with Gasteiger partial charge in [-0.2, -0.15) is 4.98 Å². The first-order valence-electron chi connectivity index (χ1n) is 12.4. The topological polar surface area (TPSA) is 85.4 Å². The number of alkyl halides is 4. The molecule has 4 heterocycles. The first kappa shape index (κ1) is 18.7. The molecule has 1 aliphatic heterocycles. The average molecular weight is 500 g/mol. The highest BCUT2D eigenvalue weighted by molar-refractivity contribution is 5.89. The highest BCUT2D eigenvalue weighted by Gasteiger charge is 2.44. The lowest BCUT2D eigenvalue weighted by Gasteiger charge is -2.36. The van der Waals surface area contributed by atoms with Gasteiger partial charge in [-0.3, -0.25) is 0 Å². The number of likely N-dealkylation sites (tertiary alicyclic amines) is 1. The maximum Gasteiger partial charge on any atom is 0.280 e. The van der Waals surface area contributed by atoms with Crippen LogP contribution in [0.1, 0.15) is 11.9 Å². The molecule has 186 valence electrons. The summed E-state index contributed by atoms with van der Waals surface area (Å²) in [6.07, 6.45) is -3.70. The Labute approximate surface area is 201 Å². The number of rotatable bonds is 6. The van der Waals surface area contributed by atoms with E-state index in [-0.39, 0.29) is 46.5 Å². The van der Waals surface area contributed by atoms with Crippen LogP contribution in [0.2, 0.25) is 0 Å². The molecule has 14 heteroatoms. The summed E-state index contributed by atoms with van der Waals surface area (Å²) >= 11 is 0. The molecule has 0 bridgehead atoms. The molecule has 1 N–H and O–H groups in total. The minimum Gasteiger partial charge on any atom is -0.479 e. The van der Waals surface area contributed by atoms with Gasteiger partial charge in [-0.1, -0.05) is 11.3 Å². The Balaban J connectivity index is 1.55. The Morgan fingerprint density at radius 2 is 2.20 bits per heavy atom. The molecule has 0 unspecified atom stereocenters. The molecule has 35 heavy (non-hydrogen) atoms. The largest absolute Gasteiger partial charge is 0.479 e. The SMILES string of the molecule is [2H]c1c(F)c(-c2ccc3nnn(CC(F)F)c3c2)c2c(OC)nc(N[C@@H]3CCN(C([2H])([2H])[2H])CC3(F)F)nn12.